The summed E-state index contributed by atoms with van der Waals surface area (Å²) >= 11 is 5.88. The number of carbonyl (C=O) groups is 1. The fraction of sp³-hybridized carbons (Fsp3) is 0.233. The number of benzene rings is 2. The molecule has 1 aliphatic heterocycles. The van der Waals surface area contributed by atoms with Gasteiger partial charge in [0, 0.05) is 29.8 Å². The third kappa shape index (κ3) is 4.75. The number of esters is 1. The highest BCUT2D eigenvalue weighted by Crippen LogP contribution is 2.42. The highest BCUT2D eigenvalue weighted by atomic mass is 32.1. The molecule has 0 aliphatic carbocycles. The molecule has 2 aromatic carbocycles. The van der Waals surface area contributed by atoms with Crippen molar-refractivity contribution in [3.05, 3.63) is 113 Å². The number of carbonyl (C=O) groups excluding carboxylic acids is 1. The van der Waals surface area contributed by atoms with Crippen LogP contribution in [0.3, 0.4) is 0 Å². The molecule has 38 heavy (non-hydrogen) atoms. The van der Waals surface area contributed by atoms with E-state index >= 15 is 0 Å². The van der Waals surface area contributed by atoms with Gasteiger partial charge >= 0.3 is 5.97 Å². The molecule has 4 aromatic rings. The van der Waals surface area contributed by atoms with Crippen LogP contribution in [0, 0.1) is 13.8 Å². The molecular weight excluding hydrogens is 496 g/mol. The average Bonchev–Trinajstić information content (AvgIpc) is 3.43. The largest absolute Gasteiger partial charge is 0.497 e. The summed E-state index contributed by atoms with van der Waals surface area (Å²) in [4.78, 5) is 18.8. The Morgan fingerprint density at radius 2 is 1.76 bits per heavy atom. The van der Waals surface area contributed by atoms with Crippen molar-refractivity contribution in [2.75, 3.05) is 14.2 Å². The van der Waals surface area contributed by atoms with Crippen LogP contribution in [0.4, 0.5) is 0 Å². The van der Waals surface area contributed by atoms with Gasteiger partial charge in [0.05, 0.1) is 37.6 Å². The number of nitrogens with one attached hydrogen (secondary N) is 1. The molecule has 1 saturated heterocycles. The second kappa shape index (κ2) is 10.7. The molecule has 0 bridgehead atoms. The van der Waals surface area contributed by atoms with Gasteiger partial charge in [0.15, 0.2) is 5.11 Å². The number of thiocarbonyl (C=S) groups is 1. The van der Waals surface area contributed by atoms with Crippen LogP contribution in [0.15, 0.2) is 79.0 Å². The summed E-state index contributed by atoms with van der Waals surface area (Å²) in [5.74, 6) is 0.469. The summed E-state index contributed by atoms with van der Waals surface area (Å²) in [6.07, 6.45) is 1.81. The maximum atomic E-state index is 11.9. The van der Waals surface area contributed by atoms with Crippen molar-refractivity contribution in [3.8, 4) is 11.4 Å². The zero-order chi connectivity index (χ0) is 26.8. The van der Waals surface area contributed by atoms with E-state index < -0.39 is 0 Å². The predicted molar refractivity (Wildman–Crippen MR) is 151 cm³/mol. The zero-order valence-corrected chi connectivity index (χ0v) is 22.7. The van der Waals surface area contributed by atoms with Crippen LogP contribution < -0.4 is 10.1 Å². The zero-order valence-electron chi connectivity index (χ0n) is 21.8. The van der Waals surface area contributed by atoms with Gasteiger partial charge in [0.25, 0.3) is 0 Å². The van der Waals surface area contributed by atoms with Crippen molar-refractivity contribution in [1.82, 2.24) is 19.8 Å². The smallest absolute Gasteiger partial charge is 0.337 e. The number of hydrogen-bond donors (Lipinski definition) is 1. The topological polar surface area (TPSA) is 68.6 Å². The maximum absolute atomic E-state index is 11.9. The number of ether oxygens (including phenoxy) is 2. The number of hydrogen-bond acceptors (Lipinski definition) is 5. The first-order chi connectivity index (χ1) is 18.4. The molecule has 194 valence electrons. The molecule has 7 nitrogen and oxygen atoms in total. The van der Waals surface area contributed by atoms with Gasteiger partial charge in [0.2, 0.25) is 0 Å². The van der Waals surface area contributed by atoms with E-state index in [1.165, 1.54) is 7.11 Å². The van der Waals surface area contributed by atoms with E-state index in [9.17, 15) is 4.79 Å². The molecule has 0 spiro atoms. The monoisotopic (exact) mass is 526 g/mol. The van der Waals surface area contributed by atoms with E-state index in [1.54, 1.807) is 19.2 Å². The first-order valence-corrected chi connectivity index (χ1v) is 12.8. The van der Waals surface area contributed by atoms with E-state index in [4.69, 9.17) is 21.7 Å². The van der Waals surface area contributed by atoms with Crippen molar-refractivity contribution in [2.24, 2.45) is 0 Å². The van der Waals surface area contributed by atoms with Crippen LogP contribution in [0.25, 0.3) is 5.69 Å². The van der Waals surface area contributed by atoms with Crippen LogP contribution in [0.5, 0.6) is 5.75 Å². The third-order valence-electron chi connectivity index (χ3n) is 7.05. The van der Waals surface area contributed by atoms with Gasteiger partial charge in [-0.25, -0.2) is 4.79 Å². The molecule has 5 rings (SSSR count). The lowest BCUT2D eigenvalue weighted by molar-refractivity contribution is 0.0600. The van der Waals surface area contributed by atoms with Gasteiger partial charge in [-0.2, -0.15) is 0 Å². The molecule has 0 unspecified atom stereocenters. The normalized spacial score (nSPS) is 16.8. The minimum atomic E-state index is -0.351. The van der Waals surface area contributed by atoms with Crippen molar-refractivity contribution in [2.45, 2.75) is 32.5 Å². The van der Waals surface area contributed by atoms with Gasteiger partial charge in [0.1, 0.15) is 5.75 Å². The van der Waals surface area contributed by atoms with E-state index in [-0.39, 0.29) is 18.1 Å². The Labute approximate surface area is 228 Å². The number of methoxy groups -OCH3 is 2. The third-order valence-corrected chi connectivity index (χ3v) is 7.40. The number of pyridine rings is 1. The molecule has 0 amide bonds. The average molecular weight is 527 g/mol. The molecule has 2 aromatic heterocycles. The molecule has 1 fully saturated rings. The lowest BCUT2D eigenvalue weighted by atomic mass is 9.96. The van der Waals surface area contributed by atoms with Crippen LogP contribution in [-0.4, -0.2) is 39.8 Å². The first kappa shape index (κ1) is 25.5. The maximum Gasteiger partial charge on any atom is 0.337 e. The standard InChI is InChI=1S/C30H30N4O3S/c1-19-17-25(20(2)34(19)23-12-10-22(11-13-23)29(35)37-4)28-27(26-7-5-6-16-31-26)32-30(38)33(28)18-21-8-14-24(36-3)15-9-21/h5-17,27-28H,18H2,1-4H3,(H,32,38)/t27-,28+/m0/s1. The molecule has 0 saturated carbocycles. The molecular formula is C30H30N4O3S. The van der Waals surface area contributed by atoms with Gasteiger partial charge in [-0.15, -0.1) is 0 Å². The second-order valence-electron chi connectivity index (χ2n) is 9.30. The Hall–Kier alpha value is -4.17. The summed E-state index contributed by atoms with van der Waals surface area (Å²) in [6, 6.07) is 23.5. The number of aromatic nitrogens is 2. The minimum Gasteiger partial charge on any atom is -0.497 e. The Balaban J connectivity index is 1.56. The summed E-state index contributed by atoms with van der Waals surface area (Å²) in [7, 11) is 3.05. The lowest BCUT2D eigenvalue weighted by Gasteiger charge is -2.28. The van der Waals surface area contributed by atoms with Crippen molar-refractivity contribution < 1.29 is 14.3 Å². The molecule has 2 atom stereocenters. The fourth-order valence-electron chi connectivity index (χ4n) is 5.19. The lowest BCUT2D eigenvalue weighted by Crippen LogP contribution is -2.29. The number of nitrogens with zero attached hydrogens (tertiary/aromatic N) is 3. The SMILES string of the molecule is COC(=O)c1ccc(-n2c(C)cc([C@@H]3[C@H](c4ccccn4)NC(=S)N3Cc3ccc(OC)cc3)c2C)cc1. The fourth-order valence-corrected chi connectivity index (χ4v) is 5.50. The highest BCUT2D eigenvalue weighted by Gasteiger charge is 2.41. The summed E-state index contributed by atoms with van der Waals surface area (Å²) in [5.41, 5.74) is 6.92. The summed E-state index contributed by atoms with van der Waals surface area (Å²) in [6.45, 7) is 4.86. The Morgan fingerprint density at radius 1 is 1.03 bits per heavy atom. The Bertz CT molecular complexity index is 1450. The van der Waals surface area contributed by atoms with Crippen molar-refractivity contribution in [1.29, 1.82) is 0 Å². The molecule has 0 radical (unpaired) electrons. The second-order valence-corrected chi connectivity index (χ2v) is 9.69. The first-order valence-electron chi connectivity index (χ1n) is 12.4. The number of aryl methyl sites for hydroxylation is 1. The quantitative estimate of drug-likeness (QED) is 0.253. The predicted octanol–water partition coefficient (Wildman–Crippen LogP) is 5.46. The van der Waals surface area contributed by atoms with Gasteiger partial charge in [-0.3, -0.25) is 4.98 Å². The van der Waals surface area contributed by atoms with E-state index in [0.29, 0.717) is 17.2 Å². The van der Waals surface area contributed by atoms with Crippen LogP contribution in [0.1, 0.15) is 50.7 Å². The summed E-state index contributed by atoms with van der Waals surface area (Å²) in [5, 5.41) is 4.23. The van der Waals surface area contributed by atoms with E-state index in [2.05, 4.69) is 51.8 Å². The van der Waals surface area contributed by atoms with Crippen molar-refractivity contribution >= 4 is 23.3 Å². The van der Waals surface area contributed by atoms with Crippen LogP contribution >= 0.6 is 12.2 Å². The minimum absolute atomic E-state index is 0.0752. The Morgan fingerprint density at radius 3 is 2.39 bits per heavy atom. The van der Waals surface area contributed by atoms with Crippen LogP contribution in [0.2, 0.25) is 0 Å². The molecule has 1 N–H and O–H groups in total. The van der Waals surface area contributed by atoms with Gasteiger partial charge < -0.3 is 24.3 Å². The summed E-state index contributed by atoms with van der Waals surface area (Å²) < 4.78 is 12.4. The van der Waals surface area contributed by atoms with E-state index in [1.807, 2.05) is 48.7 Å². The van der Waals surface area contributed by atoms with Crippen LogP contribution in [-0.2, 0) is 11.3 Å². The van der Waals surface area contributed by atoms with Gasteiger partial charge in [-0.1, -0.05) is 18.2 Å². The van der Waals surface area contributed by atoms with Crippen molar-refractivity contribution in [3.63, 3.8) is 0 Å². The molecule has 1 aliphatic rings. The molecule has 8 heteroatoms. The number of rotatable bonds is 7. The van der Waals surface area contributed by atoms with E-state index in [0.717, 1.165) is 39.6 Å². The van der Waals surface area contributed by atoms with Gasteiger partial charge in [-0.05, 0) is 91.8 Å². The Kier molecular flexibility index (Phi) is 7.15. The molecule has 3 heterocycles. The highest BCUT2D eigenvalue weighted by molar-refractivity contribution is 7.80.